The Labute approximate surface area is 95.6 Å². The normalized spacial score (nSPS) is 13.7. The zero-order valence-corrected chi connectivity index (χ0v) is 9.85. The predicted molar refractivity (Wildman–Crippen MR) is 66.3 cm³/mol. The first-order chi connectivity index (χ1) is 7.52. The van der Waals surface area contributed by atoms with E-state index in [2.05, 4.69) is 49.8 Å². The van der Waals surface area contributed by atoms with Crippen molar-refractivity contribution in [3.8, 4) is 5.75 Å². The first kappa shape index (κ1) is 10.8. The van der Waals surface area contributed by atoms with Gasteiger partial charge in [0.2, 0.25) is 0 Å². The largest absolute Gasteiger partial charge is 0.463 e. The molecule has 0 saturated carbocycles. The van der Waals surface area contributed by atoms with Crippen LogP contribution < -0.4 is 21.1 Å². The zero-order valence-electron chi connectivity index (χ0n) is 9.85. The fraction of sp³-hybridized carbons (Fsp3) is 0.333. The number of rotatable bonds is 2. The Hall–Kier alpha value is -1.68. The second-order valence-electron chi connectivity index (χ2n) is 4.81. The summed E-state index contributed by atoms with van der Waals surface area (Å²) in [6.45, 7) is 10.1. The van der Waals surface area contributed by atoms with Crippen molar-refractivity contribution in [3.05, 3.63) is 30.5 Å². The molecular formula is C12H17N3O. The summed E-state index contributed by atoms with van der Waals surface area (Å²) in [5.74, 6) is 0.773. The Bertz CT molecular complexity index is 421. The summed E-state index contributed by atoms with van der Waals surface area (Å²) in [7, 11) is 0. The molecular weight excluding hydrogens is 202 g/mol. The van der Waals surface area contributed by atoms with Crippen molar-refractivity contribution in [1.29, 1.82) is 0 Å². The van der Waals surface area contributed by atoms with Crippen LogP contribution in [-0.4, -0.2) is 0 Å². The molecule has 0 spiro atoms. The van der Waals surface area contributed by atoms with Crippen LogP contribution in [0.15, 0.2) is 25.0 Å². The Kier molecular flexibility index (Phi) is 2.52. The van der Waals surface area contributed by atoms with Crippen LogP contribution in [0.3, 0.4) is 0 Å². The van der Waals surface area contributed by atoms with E-state index in [9.17, 15) is 0 Å². The van der Waals surface area contributed by atoms with E-state index in [1.165, 1.54) is 11.8 Å². The van der Waals surface area contributed by atoms with Gasteiger partial charge in [-0.2, -0.15) is 0 Å². The Morgan fingerprint density at radius 3 is 2.62 bits per heavy atom. The van der Waals surface area contributed by atoms with Gasteiger partial charge in [0.1, 0.15) is 5.69 Å². The Morgan fingerprint density at radius 2 is 2.00 bits per heavy atom. The van der Waals surface area contributed by atoms with Gasteiger partial charge in [-0.05, 0) is 23.1 Å². The third kappa shape index (κ3) is 1.84. The van der Waals surface area contributed by atoms with E-state index in [1.54, 1.807) is 0 Å². The third-order valence-corrected chi connectivity index (χ3v) is 2.56. The lowest BCUT2D eigenvalue weighted by Crippen LogP contribution is -2.19. The predicted octanol–water partition coefficient (Wildman–Crippen LogP) is 2.76. The van der Waals surface area contributed by atoms with E-state index in [-0.39, 0.29) is 5.41 Å². The lowest BCUT2D eigenvalue weighted by molar-refractivity contribution is 0.481. The number of hydrogen-bond acceptors (Lipinski definition) is 4. The van der Waals surface area contributed by atoms with Crippen LogP contribution in [0.4, 0.5) is 11.4 Å². The molecule has 0 unspecified atom stereocenters. The standard InChI is InChI=1S/C12H17N3O/c1-5-16-10-7-8(12(2,3)4)6-9-11(10)14-15-13-9/h5-7,13-15H,1H2,2-4H3. The summed E-state index contributed by atoms with van der Waals surface area (Å²) in [6, 6.07) is 4.14. The summed E-state index contributed by atoms with van der Waals surface area (Å²) in [4.78, 5) is 0. The average molecular weight is 219 g/mol. The van der Waals surface area contributed by atoms with Crippen LogP contribution in [-0.2, 0) is 5.41 Å². The third-order valence-electron chi connectivity index (χ3n) is 2.56. The second kappa shape index (κ2) is 3.72. The average Bonchev–Trinajstić information content (AvgIpc) is 2.64. The Balaban J connectivity index is 2.51. The fourth-order valence-corrected chi connectivity index (χ4v) is 1.62. The minimum Gasteiger partial charge on any atom is -0.463 e. The highest BCUT2D eigenvalue weighted by atomic mass is 16.5. The van der Waals surface area contributed by atoms with Crippen LogP contribution in [0.25, 0.3) is 0 Å². The maximum Gasteiger partial charge on any atom is 0.153 e. The molecule has 0 aliphatic carbocycles. The van der Waals surface area contributed by atoms with Gasteiger partial charge in [-0.1, -0.05) is 27.4 Å². The first-order valence-corrected chi connectivity index (χ1v) is 5.25. The molecule has 0 saturated heterocycles. The molecule has 0 bridgehead atoms. The minimum absolute atomic E-state index is 0.0819. The number of ether oxygens (including phenoxy) is 1. The second-order valence-corrected chi connectivity index (χ2v) is 4.81. The molecule has 2 rings (SSSR count). The monoisotopic (exact) mass is 219 g/mol. The van der Waals surface area contributed by atoms with E-state index in [0.29, 0.717) is 0 Å². The summed E-state index contributed by atoms with van der Waals surface area (Å²) < 4.78 is 5.41. The van der Waals surface area contributed by atoms with Gasteiger partial charge in [-0.3, -0.25) is 5.43 Å². The van der Waals surface area contributed by atoms with Crippen LogP contribution in [0.5, 0.6) is 5.75 Å². The summed E-state index contributed by atoms with van der Waals surface area (Å²) in [5.41, 5.74) is 12.1. The van der Waals surface area contributed by atoms with Gasteiger partial charge in [0.05, 0.1) is 11.9 Å². The molecule has 1 aliphatic rings. The van der Waals surface area contributed by atoms with Gasteiger partial charge in [0, 0.05) is 0 Å². The molecule has 1 aromatic rings. The highest BCUT2D eigenvalue weighted by molar-refractivity contribution is 5.79. The molecule has 0 amide bonds. The van der Waals surface area contributed by atoms with E-state index < -0.39 is 0 Å². The minimum atomic E-state index is 0.0819. The summed E-state index contributed by atoms with van der Waals surface area (Å²) in [6.07, 6.45) is 1.43. The fourth-order valence-electron chi connectivity index (χ4n) is 1.62. The molecule has 0 atom stereocenters. The van der Waals surface area contributed by atoms with Gasteiger partial charge in [0.15, 0.2) is 5.75 Å². The van der Waals surface area contributed by atoms with Crippen molar-refractivity contribution in [2.75, 3.05) is 10.9 Å². The molecule has 0 aromatic heterocycles. The molecule has 3 N–H and O–H groups in total. The first-order valence-electron chi connectivity index (χ1n) is 5.25. The van der Waals surface area contributed by atoms with Crippen molar-refractivity contribution in [1.82, 2.24) is 5.53 Å². The van der Waals surface area contributed by atoms with Gasteiger partial charge < -0.3 is 10.2 Å². The van der Waals surface area contributed by atoms with Crippen LogP contribution in [0.1, 0.15) is 26.3 Å². The van der Waals surface area contributed by atoms with Crippen LogP contribution in [0, 0.1) is 0 Å². The van der Waals surface area contributed by atoms with Gasteiger partial charge in [-0.15, -0.1) is 5.53 Å². The van der Waals surface area contributed by atoms with Crippen LogP contribution >= 0.6 is 0 Å². The summed E-state index contributed by atoms with van der Waals surface area (Å²) in [5, 5.41) is 0. The van der Waals surface area contributed by atoms with Crippen molar-refractivity contribution >= 4 is 11.4 Å². The topological polar surface area (TPSA) is 45.3 Å². The highest BCUT2D eigenvalue weighted by Gasteiger charge is 2.21. The van der Waals surface area contributed by atoms with E-state index in [4.69, 9.17) is 4.74 Å². The number of nitrogens with one attached hydrogen (secondary N) is 3. The van der Waals surface area contributed by atoms with E-state index in [1.807, 2.05) is 6.07 Å². The molecule has 4 heteroatoms. The molecule has 0 radical (unpaired) electrons. The molecule has 86 valence electrons. The number of anilines is 2. The SMILES string of the molecule is C=COc1cc(C(C)(C)C)cc2c1NNN2. The molecule has 16 heavy (non-hydrogen) atoms. The number of benzene rings is 1. The van der Waals surface area contributed by atoms with E-state index in [0.717, 1.165) is 17.1 Å². The maximum atomic E-state index is 5.41. The van der Waals surface area contributed by atoms with Crippen molar-refractivity contribution < 1.29 is 4.74 Å². The maximum absolute atomic E-state index is 5.41. The lowest BCUT2D eigenvalue weighted by atomic mass is 9.86. The number of hydrogen-bond donors (Lipinski definition) is 3. The number of fused-ring (bicyclic) bond motifs is 1. The van der Waals surface area contributed by atoms with Crippen molar-refractivity contribution in [3.63, 3.8) is 0 Å². The molecule has 4 nitrogen and oxygen atoms in total. The van der Waals surface area contributed by atoms with E-state index >= 15 is 0 Å². The molecule has 1 aromatic carbocycles. The smallest absolute Gasteiger partial charge is 0.153 e. The lowest BCUT2D eigenvalue weighted by Gasteiger charge is -2.20. The number of hydrazine groups is 2. The molecule has 1 heterocycles. The van der Waals surface area contributed by atoms with Crippen molar-refractivity contribution in [2.24, 2.45) is 0 Å². The van der Waals surface area contributed by atoms with Gasteiger partial charge >= 0.3 is 0 Å². The van der Waals surface area contributed by atoms with Crippen LogP contribution in [0.2, 0.25) is 0 Å². The highest BCUT2D eigenvalue weighted by Crippen LogP contribution is 2.39. The molecule has 1 aliphatic heterocycles. The molecule has 0 fully saturated rings. The zero-order chi connectivity index (χ0) is 11.8. The van der Waals surface area contributed by atoms with Gasteiger partial charge in [-0.25, -0.2) is 0 Å². The Morgan fingerprint density at radius 1 is 1.25 bits per heavy atom. The van der Waals surface area contributed by atoms with Crippen molar-refractivity contribution in [2.45, 2.75) is 26.2 Å². The quantitative estimate of drug-likeness (QED) is 0.669. The van der Waals surface area contributed by atoms with Gasteiger partial charge in [0.25, 0.3) is 0 Å². The summed E-state index contributed by atoms with van der Waals surface area (Å²) >= 11 is 0.